The number of hydrogen-bond acceptors (Lipinski definition) is 3. The second kappa shape index (κ2) is 8.36. The van der Waals surface area contributed by atoms with E-state index < -0.39 is 23.9 Å². The molecular formula is C22H21FN4O3. The maximum absolute atomic E-state index is 12.9. The first kappa shape index (κ1) is 19.6. The van der Waals surface area contributed by atoms with Gasteiger partial charge in [-0.3, -0.25) is 14.5 Å². The summed E-state index contributed by atoms with van der Waals surface area (Å²) in [6.07, 6.45) is 2.70. The molecule has 2 heterocycles. The quantitative estimate of drug-likeness (QED) is 0.523. The average molecular weight is 408 g/mol. The van der Waals surface area contributed by atoms with Crippen molar-refractivity contribution in [3.8, 4) is 0 Å². The number of halogens is 1. The molecule has 1 atom stereocenters. The van der Waals surface area contributed by atoms with E-state index in [0.29, 0.717) is 19.4 Å². The number of carbonyl (C=O) groups excluding carboxylic acids is 3. The van der Waals surface area contributed by atoms with Gasteiger partial charge in [-0.25, -0.2) is 9.18 Å². The molecule has 3 N–H and O–H groups in total. The van der Waals surface area contributed by atoms with Crippen molar-refractivity contribution in [2.45, 2.75) is 18.9 Å². The third kappa shape index (κ3) is 4.17. The molecule has 0 spiro atoms. The molecule has 4 amide bonds. The van der Waals surface area contributed by atoms with Gasteiger partial charge in [0.2, 0.25) is 5.91 Å². The van der Waals surface area contributed by atoms with Gasteiger partial charge in [0.1, 0.15) is 18.4 Å². The van der Waals surface area contributed by atoms with Crippen LogP contribution < -0.4 is 10.6 Å². The molecule has 0 bridgehead atoms. The van der Waals surface area contributed by atoms with Crippen LogP contribution in [-0.4, -0.2) is 46.9 Å². The molecule has 1 aliphatic heterocycles. The average Bonchev–Trinajstić information content (AvgIpc) is 3.26. The van der Waals surface area contributed by atoms with Gasteiger partial charge in [0.25, 0.3) is 5.91 Å². The van der Waals surface area contributed by atoms with Crippen LogP contribution >= 0.6 is 0 Å². The maximum Gasteiger partial charge on any atom is 0.325 e. The highest BCUT2D eigenvalue weighted by molar-refractivity contribution is 6.06. The fourth-order valence-electron chi connectivity index (χ4n) is 3.58. The Morgan fingerprint density at radius 2 is 1.87 bits per heavy atom. The maximum atomic E-state index is 12.9. The predicted octanol–water partition coefficient (Wildman–Crippen LogP) is 2.13. The second-order valence-corrected chi connectivity index (χ2v) is 7.22. The number of para-hydroxylation sites is 1. The summed E-state index contributed by atoms with van der Waals surface area (Å²) in [4.78, 5) is 41.1. The largest absolute Gasteiger partial charge is 0.361 e. The number of nitrogens with one attached hydrogen (secondary N) is 3. The normalized spacial score (nSPS) is 16.2. The Morgan fingerprint density at radius 1 is 1.10 bits per heavy atom. The van der Waals surface area contributed by atoms with Gasteiger partial charge >= 0.3 is 6.03 Å². The van der Waals surface area contributed by atoms with Gasteiger partial charge in [0.15, 0.2) is 0 Å². The zero-order chi connectivity index (χ0) is 21.1. The molecule has 1 saturated heterocycles. The van der Waals surface area contributed by atoms with E-state index in [1.165, 1.54) is 12.1 Å². The molecule has 0 saturated carbocycles. The highest BCUT2D eigenvalue weighted by Gasteiger charge is 2.39. The van der Waals surface area contributed by atoms with Crippen LogP contribution in [0.3, 0.4) is 0 Å². The summed E-state index contributed by atoms with van der Waals surface area (Å²) < 4.78 is 12.9. The van der Waals surface area contributed by atoms with Crippen molar-refractivity contribution in [3.05, 3.63) is 71.7 Å². The van der Waals surface area contributed by atoms with Crippen molar-refractivity contribution in [1.82, 2.24) is 20.5 Å². The lowest BCUT2D eigenvalue weighted by Gasteiger charge is -2.13. The van der Waals surface area contributed by atoms with Crippen LogP contribution in [-0.2, 0) is 22.4 Å². The minimum Gasteiger partial charge on any atom is -0.361 e. The molecule has 8 heteroatoms. The number of urea groups is 1. The monoisotopic (exact) mass is 408 g/mol. The first-order chi connectivity index (χ1) is 14.5. The van der Waals surface area contributed by atoms with Crippen LogP contribution in [0.2, 0.25) is 0 Å². The Labute approximate surface area is 172 Å². The number of benzene rings is 2. The summed E-state index contributed by atoms with van der Waals surface area (Å²) in [7, 11) is 0. The summed E-state index contributed by atoms with van der Waals surface area (Å²) in [5.74, 6) is -1.16. The van der Waals surface area contributed by atoms with Crippen molar-refractivity contribution in [2.24, 2.45) is 0 Å². The van der Waals surface area contributed by atoms with Crippen molar-refractivity contribution in [1.29, 1.82) is 0 Å². The Balaban J connectivity index is 1.31. The van der Waals surface area contributed by atoms with Gasteiger partial charge in [0.05, 0.1) is 0 Å². The molecule has 1 aliphatic rings. The molecule has 1 fully saturated rings. The van der Waals surface area contributed by atoms with Crippen molar-refractivity contribution in [3.63, 3.8) is 0 Å². The first-order valence-electron chi connectivity index (χ1n) is 9.69. The van der Waals surface area contributed by atoms with E-state index in [9.17, 15) is 18.8 Å². The van der Waals surface area contributed by atoms with Crippen molar-refractivity contribution < 1.29 is 18.8 Å². The van der Waals surface area contributed by atoms with E-state index in [4.69, 9.17) is 0 Å². The zero-order valence-electron chi connectivity index (χ0n) is 16.2. The van der Waals surface area contributed by atoms with E-state index in [0.717, 1.165) is 26.9 Å². The minimum absolute atomic E-state index is 0.316. The SMILES string of the molecule is O=C(CN1C(=O)N[C@H](Cc2c[nH]c3ccccc23)C1=O)NCCc1ccc(F)cc1. The van der Waals surface area contributed by atoms with E-state index in [1.54, 1.807) is 12.1 Å². The Hall–Kier alpha value is -3.68. The van der Waals surface area contributed by atoms with Gasteiger partial charge in [0, 0.05) is 30.1 Å². The number of aromatic nitrogens is 1. The van der Waals surface area contributed by atoms with E-state index >= 15 is 0 Å². The second-order valence-electron chi connectivity index (χ2n) is 7.22. The number of fused-ring (bicyclic) bond motifs is 1. The number of carbonyl (C=O) groups is 3. The fourth-order valence-corrected chi connectivity index (χ4v) is 3.58. The Kier molecular flexibility index (Phi) is 5.47. The van der Waals surface area contributed by atoms with Gasteiger partial charge < -0.3 is 15.6 Å². The van der Waals surface area contributed by atoms with Crippen LogP contribution in [0.15, 0.2) is 54.7 Å². The van der Waals surface area contributed by atoms with Crippen LogP contribution in [0.4, 0.5) is 9.18 Å². The number of rotatable bonds is 7. The van der Waals surface area contributed by atoms with E-state index in [1.807, 2.05) is 30.5 Å². The van der Waals surface area contributed by atoms with Gasteiger partial charge in [-0.1, -0.05) is 30.3 Å². The molecule has 3 aromatic rings. The highest BCUT2D eigenvalue weighted by atomic mass is 19.1. The summed E-state index contributed by atoms with van der Waals surface area (Å²) in [5, 5.41) is 6.34. The minimum atomic E-state index is -0.705. The number of amides is 4. The van der Waals surface area contributed by atoms with Crippen molar-refractivity contribution >= 4 is 28.7 Å². The Morgan fingerprint density at radius 3 is 2.67 bits per heavy atom. The number of aromatic amines is 1. The third-order valence-electron chi connectivity index (χ3n) is 5.16. The lowest BCUT2D eigenvalue weighted by molar-refractivity contribution is -0.132. The topological polar surface area (TPSA) is 94.3 Å². The molecule has 30 heavy (non-hydrogen) atoms. The van der Waals surface area contributed by atoms with Crippen LogP contribution in [0.1, 0.15) is 11.1 Å². The van der Waals surface area contributed by atoms with Gasteiger partial charge in [-0.2, -0.15) is 0 Å². The standard InChI is InChI=1S/C22H21FN4O3/c23-16-7-5-14(6-8-16)9-10-24-20(28)13-27-21(29)19(26-22(27)30)11-15-12-25-18-4-2-1-3-17(15)18/h1-8,12,19,25H,9-11,13H2,(H,24,28)(H,26,30)/t19-/m1/s1. The summed E-state index contributed by atoms with van der Waals surface area (Å²) in [6, 6.07) is 12.5. The van der Waals surface area contributed by atoms with Gasteiger partial charge in [-0.15, -0.1) is 0 Å². The molecular weight excluding hydrogens is 387 g/mol. The predicted molar refractivity (Wildman–Crippen MR) is 109 cm³/mol. The highest BCUT2D eigenvalue weighted by Crippen LogP contribution is 2.21. The first-order valence-corrected chi connectivity index (χ1v) is 9.69. The molecule has 0 unspecified atom stereocenters. The Bertz CT molecular complexity index is 1090. The zero-order valence-corrected chi connectivity index (χ0v) is 16.2. The molecule has 154 valence electrons. The summed E-state index contributed by atoms with van der Waals surface area (Å²) in [6.45, 7) is -0.00858. The van der Waals surface area contributed by atoms with E-state index in [2.05, 4.69) is 15.6 Å². The lowest BCUT2D eigenvalue weighted by Crippen LogP contribution is -2.41. The summed E-state index contributed by atoms with van der Waals surface area (Å²) in [5.41, 5.74) is 2.77. The lowest BCUT2D eigenvalue weighted by atomic mass is 10.1. The molecule has 1 aromatic heterocycles. The van der Waals surface area contributed by atoms with Crippen LogP contribution in [0.5, 0.6) is 0 Å². The number of hydrogen-bond donors (Lipinski definition) is 3. The molecule has 2 aromatic carbocycles. The molecule has 0 aliphatic carbocycles. The molecule has 7 nitrogen and oxygen atoms in total. The summed E-state index contributed by atoms with van der Waals surface area (Å²) >= 11 is 0. The number of imide groups is 1. The van der Waals surface area contributed by atoms with Gasteiger partial charge in [-0.05, 0) is 35.7 Å². The smallest absolute Gasteiger partial charge is 0.325 e. The van der Waals surface area contributed by atoms with Crippen LogP contribution in [0.25, 0.3) is 10.9 Å². The number of nitrogens with zero attached hydrogens (tertiary/aromatic N) is 1. The fraction of sp³-hybridized carbons (Fsp3) is 0.227. The number of H-pyrrole nitrogens is 1. The molecule has 4 rings (SSSR count). The molecule has 0 radical (unpaired) electrons. The van der Waals surface area contributed by atoms with E-state index in [-0.39, 0.29) is 12.4 Å². The third-order valence-corrected chi connectivity index (χ3v) is 5.16. The van der Waals surface area contributed by atoms with Crippen LogP contribution in [0, 0.1) is 5.82 Å². The van der Waals surface area contributed by atoms with Crippen molar-refractivity contribution in [2.75, 3.05) is 13.1 Å².